The number of fused-ring (bicyclic) bond motifs is 1. The minimum absolute atomic E-state index is 0.000155. The number of benzene rings is 2. The number of phenols is 1. The van der Waals surface area contributed by atoms with Crippen molar-refractivity contribution in [1.29, 1.82) is 0 Å². The molecule has 0 spiro atoms. The van der Waals surface area contributed by atoms with Crippen LogP contribution >= 0.6 is 11.3 Å². The van der Waals surface area contributed by atoms with Gasteiger partial charge in [-0.05, 0) is 43.3 Å². The van der Waals surface area contributed by atoms with Crippen molar-refractivity contribution < 1.29 is 24.6 Å². The van der Waals surface area contributed by atoms with Gasteiger partial charge in [0, 0.05) is 18.7 Å². The first-order valence-electron chi connectivity index (χ1n) is 8.86. The number of aromatic nitrogens is 1. The molecular formula is C20H17N3O5S. The van der Waals surface area contributed by atoms with Gasteiger partial charge in [-0.25, -0.2) is 9.78 Å². The Balaban J connectivity index is 1.52. The zero-order valence-electron chi connectivity index (χ0n) is 15.4. The number of carbonyl (C=O) groups is 3. The Morgan fingerprint density at radius 1 is 1.24 bits per heavy atom. The quantitative estimate of drug-likeness (QED) is 0.568. The van der Waals surface area contributed by atoms with Gasteiger partial charge in [0.2, 0.25) is 11.8 Å². The second-order valence-electron chi connectivity index (χ2n) is 6.82. The molecule has 0 aliphatic carbocycles. The largest absolute Gasteiger partial charge is 0.506 e. The molecule has 29 heavy (non-hydrogen) atoms. The van der Waals surface area contributed by atoms with Gasteiger partial charge < -0.3 is 20.4 Å². The second kappa shape index (κ2) is 7.17. The Labute approximate surface area is 169 Å². The number of rotatable bonds is 4. The summed E-state index contributed by atoms with van der Waals surface area (Å²) in [6, 6.07) is 9.20. The summed E-state index contributed by atoms with van der Waals surface area (Å²) in [5, 5.41) is 22.4. The number of nitrogens with zero attached hydrogens (tertiary/aromatic N) is 2. The zero-order valence-corrected chi connectivity index (χ0v) is 16.2. The van der Waals surface area contributed by atoms with Crippen LogP contribution in [0.3, 0.4) is 0 Å². The van der Waals surface area contributed by atoms with Crippen LogP contribution < -0.4 is 10.2 Å². The molecule has 9 heteroatoms. The highest BCUT2D eigenvalue weighted by molar-refractivity contribution is 7.18. The Morgan fingerprint density at radius 3 is 2.79 bits per heavy atom. The fraction of sp³-hybridized carbons (Fsp3) is 0.200. The summed E-state index contributed by atoms with van der Waals surface area (Å²) in [5.41, 5.74) is 1.43. The Hall–Kier alpha value is -3.46. The van der Waals surface area contributed by atoms with Crippen LogP contribution in [0.4, 0.5) is 11.4 Å². The lowest BCUT2D eigenvalue weighted by atomic mass is 10.1. The van der Waals surface area contributed by atoms with Gasteiger partial charge in [-0.3, -0.25) is 9.59 Å². The average Bonchev–Trinajstić information content (AvgIpc) is 3.24. The number of aryl methyl sites for hydroxylation is 1. The van der Waals surface area contributed by atoms with Crippen molar-refractivity contribution in [3.63, 3.8) is 0 Å². The monoisotopic (exact) mass is 411 g/mol. The molecule has 0 saturated carbocycles. The molecule has 0 bridgehead atoms. The first-order valence-corrected chi connectivity index (χ1v) is 9.68. The Bertz CT molecular complexity index is 1160. The molecule has 2 amide bonds. The van der Waals surface area contributed by atoms with Crippen molar-refractivity contribution in [1.82, 2.24) is 4.98 Å². The van der Waals surface area contributed by atoms with Crippen LogP contribution in [-0.2, 0) is 9.59 Å². The lowest BCUT2D eigenvalue weighted by Crippen LogP contribution is -2.28. The molecule has 8 nitrogen and oxygen atoms in total. The van der Waals surface area contributed by atoms with E-state index in [9.17, 15) is 19.5 Å². The smallest absolute Gasteiger partial charge is 0.335 e. The molecule has 1 fully saturated rings. The number of nitrogens with one attached hydrogen (secondary N) is 1. The van der Waals surface area contributed by atoms with Gasteiger partial charge in [-0.1, -0.05) is 0 Å². The van der Waals surface area contributed by atoms with Crippen molar-refractivity contribution in [3.8, 4) is 5.75 Å². The van der Waals surface area contributed by atoms with Crippen LogP contribution in [0.5, 0.6) is 5.75 Å². The molecule has 1 unspecified atom stereocenters. The van der Waals surface area contributed by atoms with Gasteiger partial charge in [0.15, 0.2) is 0 Å². The number of carboxylic acids is 1. The molecule has 2 heterocycles. The van der Waals surface area contributed by atoms with Crippen molar-refractivity contribution in [2.75, 3.05) is 16.8 Å². The van der Waals surface area contributed by atoms with Crippen LogP contribution in [0, 0.1) is 12.8 Å². The molecular weight excluding hydrogens is 394 g/mol. The summed E-state index contributed by atoms with van der Waals surface area (Å²) in [6.07, 6.45) is 0.0271. The number of amides is 2. The number of aromatic carboxylic acids is 1. The van der Waals surface area contributed by atoms with E-state index in [1.165, 1.54) is 18.2 Å². The van der Waals surface area contributed by atoms with Crippen molar-refractivity contribution in [2.45, 2.75) is 13.3 Å². The molecule has 1 saturated heterocycles. The van der Waals surface area contributed by atoms with Crippen LogP contribution in [0.2, 0.25) is 0 Å². The summed E-state index contributed by atoms with van der Waals surface area (Å²) in [7, 11) is 0. The number of hydrogen-bond acceptors (Lipinski definition) is 6. The number of carbonyl (C=O) groups excluding carboxylic acids is 2. The summed E-state index contributed by atoms with van der Waals surface area (Å²) in [6.45, 7) is 2.11. The van der Waals surface area contributed by atoms with E-state index in [1.54, 1.807) is 16.2 Å². The van der Waals surface area contributed by atoms with Crippen LogP contribution in [0.1, 0.15) is 21.8 Å². The normalized spacial score (nSPS) is 16.4. The lowest BCUT2D eigenvalue weighted by Gasteiger charge is -2.17. The number of anilines is 2. The molecule has 3 aromatic rings. The summed E-state index contributed by atoms with van der Waals surface area (Å²) in [4.78, 5) is 42.2. The highest BCUT2D eigenvalue weighted by Crippen LogP contribution is 2.31. The third-order valence-corrected chi connectivity index (χ3v) is 5.74. The fourth-order valence-corrected chi connectivity index (χ4v) is 4.14. The molecule has 2 aromatic carbocycles. The van der Waals surface area contributed by atoms with Gasteiger partial charge in [0.1, 0.15) is 5.75 Å². The van der Waals surface area contributed by atoms with E-state index < -0.39 is 17.8 Å². The molecule has 3 N–H and O–H groups in total. The van der Waals surface area contributed by atoms with E-state index in [0.717, 1.165) is 15.2 Å². The third kappa shape index (κ3) is 3.64. The number of thiazole rings is 1. The minimum atomic E-state index is -1.17. The molecule has 1 aliphatic rings. The predicted octanol–water partition coefficient (Wildman–Crippen LogP) is 3.00. The van der Waals surface area contributed by atoms with E-state index in [2.05, 4.69) is 10.3 Å². The summed E-state index contributed by atoms with van der Waals surface area (Å²) in [5.74, 6) is -2.67. The molecule has 4 rings (SSSR count). The standard InChI is InChI=1S/C20H17N3O5S/c1-10-21-15-8-13(3-5-17(15)29-10)23-9-12(7-18(23)25)19(26)22-14-6-11(20(27)28)2-4-16(14)24/h2-6,8,12,24H,7,9H2,1H3,(H,22,26)(H,27,28). The van der Waals surface area contributed by atoms with E-state index in [4.69, 9.17) is 5.11 Å². The van der Waals surface area contributed by atoms with Gasteiger partial charge in [-0.2, -0.15) is 0 Å². The van der Waals surface area contributed by atoms with E-state index in [0.29, 0.717) is 5.69 Å². The average molecular weight is 411 g/mol. The van der Waals surface area contributed by atoms with Gasteiger partial charge in [-0.15, -0.1) is 11.3 Å². The number of hydrogen-bond donors (Lipinski definition) is 3. The van der Waals surface area contributed by atoms with Gasteiger partial charge in [0.25, 0.3) is 0 Å². The fourth-order valence-electron chi connectivity index (χ4n) is 3.34. The van der Waals surface area contributed by atoms with Crippen LogP contribution in [-0.4, -0.2) is 39.5 Å². The zero-order chi connectivity index (χ0) is 20.7. The molecule has 1 atom stereocenters. The maximum atomic E-state index is 12.6. The second-order valence-corrected chi connectivity index (χ2v) is 8.05. The van der Waals surface area contributed by atoms with Crippen molar-refractivity contribution in [2.24, 2.45) is 5.92 Å². The van der Waals surface area contributed by atoms with Gasteiger partial charge >= 0.3 is 5.97 Å². The number of phenolic OH excluding ortho intramolecular Hbond substituents is 1. The number of aromatic hydroxyl groups is 1. The maximum Gasteiger partial charge on any atom is 0.335 e. The minimum Gasteiger partial charge on any atom is -0.506 e. The van der Waals surface area contributed by atoms with E-state index in [-0.39, 0.29) is 35.9 Å². The Morgan fingerprint density at radius 2 is 2.03 bits per heavy atom. The van der Waals surface area contributed by atoms with Crippen LogP contribution in [0.15, 0.2) is 36.4 Å². The first kappa shape index (κ1) is 18.9. The first-order chi connectivity index (χ1) is 13.8. The summed E-state index contributed by atoms with van der Waals surface area (Å²) >= 11 is 1.57. The van der Waals surface area contributed by atoms with E-state index in [1.807, 2.05) is 25.1 Å². The third-order valence-electron chi connectivity index (χ3n) is 4.79. The van der Waals surface area contributed by atoms with E-state index >= 15 is 0 Å². The Kier molecular flexibility index (Phi) is 4.67. The van der Waals surface area contributed by atoms with Crippen molar-refractivity contribution in [3.05, 3.63) is 47.0 Å². The van der Waals surface area contributed by atoms with Crippen molar-refractivity contribution >= 4 is 50.7 Å². The predicted molar refractivity (Wildman–Crippen MR) is 109 cm³/mol. The SMILES string of the molecule is Cc1nc2cc(N3CC(C(=O)Nc4cc(C(=O)O)ccc4O)CC3=O)ccc2s1. The lowest BCUT2D eigenvalue weighted by molar-refractivity contribution is -0.122. The van der Waals surface area contributed by atoms with Crippen LogP contribution in [0.25, 0.3) is 10.2 Å². The molecule has 0 radical (unpaired) electrons. The number of carboxylic acid groups (broad SMARTS) is 1. The molecule has 1 aliphatic heterocycles. The van der Waals surface area contributed by atoms with Gasteiger partial charge in [0.05, 0.1) is 32.4 Å². The highest BCUT2D eigenvalue weighted by Gasteiger charge is 2.35. The topological polar surface area (TPSA) is 120 Å². The summed E-state index contributed by atoms with van der Waals surface area (Å²) < 4.78 is 1.03. The maximum absolute atomic E-state index is 12.6. The molecule has 148 valence electrons. The highest BCUT2D eigenvalue weighted by atomic mass is 32.1. The molecule has 1 aromatic heterocycles.